The molecular formula is C16H28O4. The molecule has 116 valence electrons. The van der Waals surface area contributed by atoms with Gasteiger partial charge >= 0.3 is 11.9 Å². The normalized spacial score (nSPS) is 13.2. The highest BCUT2D eigenvalue weighted by molar-refractivity contribution is 6.29. The van der Waals surface area contributed by atoms with E-state index < -0.39 is 11.9 Å². The fraction of sp³-hybridized carbons (Fsp3) is 0.750. The maximum absolute atomic E-state index is 11.3. The van der Waals surface area contributed by atoms with Crippen molar-refractivity contribution in [1.82, 2.24) is 0 Å². The van der Waals surface area contributed by atoms with Crippen LogP contribution in [-0.2, 0) is 19.1 Å². The maximum Gasteiger partial charge on any atom is 0.417 e. The number of carbonyl (C=O) groups is 2. The predicted molar refractivity (Wildman–Crippen MR) is 79.2 cm³/mol. The number of ether oxygens (including phenoxy) is 2. The zero-order chi connectivity index (χ0) is 15.5. The number of rotatable bonds is 8. The minimum Gasteiger partial charge on any atom is -0.457 e. The Labute approximate surface area is 122 Å². The van der Waals surface area contributed by atoms with Gasteiger partial charge in [0.15, 0.2) is 0 Å². The van der Waals surface area contributed by atoms with Crippen molar-refractivity contribution in [1.29, 1.82) is 0 Å². The molecule has 0 rings (SSSR count). The van der Waals surface area contributed by atoms with Crippen molar-refractivity contribution in [3.05, 3.63) is 11.6 Å². The summed E-state index contributed by atoms with van der Waals surface area (Å²) in [5, 5.41) is 0. The largest absolute Gasteiger partial charge is 0.457 e. The minimum atomic E-state index is -0.893. The molecule has 0 aliphatic rings. The molecule has 0 fully saturated rings. The van der Waals surface area contributed by atoms with Crippen molar-refractivity contribution in [3.63, 3.8) is 0 Å². The summed E-state index contributed by atoms with van der Waals surface area (Å²) in [7, 11) is 0. The van der Waals surface area contributed by atoms with Gasteiger partial charge in [-0.15, -0.1) is 0 Å². The number of carbonyl (C=O) groups excluding carboxylic acids is 2. The third-order valence-corrected chi connectivity index (χ3v) is 2.74. The highest BCUT2D eigenvalue weighted by Crippen LogP contribution is 2.16. The second-order valence-corrected chi connectivity index (χ2v) is 5.63. The number of allylic oxidation sites excluding steroid dienone is 2. The molecule has 0 amide bonds. The molecule has 0 N–H and O–H groups in total. The average molecular weight is 284 g/mol. The van der Waals surface area contributed by atoms with Gasteiger partial charge in [-0.1, -0.05) is 39.3 Å². The van der Waals surface area contributed by atoms with Crippen LogP contribution in [0.25, 0.3) is 0 Å². The van der Waals surface area contributed by atoms with Gasteiger partial charge < -0.3 is 9.47 Å². The Balaban J connectivity index is 3.88. The standard InChI is InChI=1S/C16H28O4/c1-6-8-19-15(17)16(18)20-9-7-13(4)11-14(5)10-12(2)3/h10,12-13H,6-9,11H2,1-5H3. The van der Waals surface area contributed by atoms with Crippen LogP contribution in [0.2, 0.25) is 0 Å². The van der Waals surface area contributed by atoms with E-state index in [1.807, 2.05) is 6.92 Å². The van der Waals surface area contributed by atoms with Gasteiger partial charge in [-0.2, -0.15) is 0 Å². The predicted octanol–water partition coefficient (Wildman–Crippen LogP) is 3.50. The number of hydrogen-bond acceptors (Lipinski definition) is 4. The van der Waals surface area contributed by atoms with Crippen molar-refractivity contribution in [3.8, 4) is 0 Å². The molecule has 0 bridgehead atoms. The lowest BCUT2D eigenvalue weighted by molar-refractivity contribution is -0.167. The molecule has 0 saturated carbocycles. The second kappa shape index (κ2) is 10.5. The van der Waals surface area contributed by atoms with Crippen LogP contribution in [0.4, 0.5) is 0 Å². The lowest BCUT2D eigenvalue weighted by atomic mass is 9.97. The van der Waals surface area contributed by atoms with Crippen LogP contribution >= 0.6 is 0 Å². The van der Waals surface area contributed by atoms with Crippen molar-refractivity contribution < 1.29 is 19.1 Å². The smallest absolute Gasteiger partial charge is 0.417 e. The zero-order valence-electron chi connectivity index (χ0n) is 13.4. The van der Waals surface area contributed by atoms with E-state index in [2.05, 4.69) is 33.8 Å². The number of hydrogen-bond donors (Lipinski definition) is 0. The second-order valence-electron chi connectivity index (χ2n) is 5.63. The van der Waals surface area contributed by atoms with Crippen LogP contribution in [0.5, 0.6) is 0 Å². The van der Waals surface area contributed by atoms with Gasteiger partial charge in [-0.3, -0.25) is 0 Å². The first kappa shape index (κ1) is 18.7. The zero-order valence-corrected chi connectivity index (χ0v) is 13.4. The van der Waals surface area contributed by atoms with Gasteiger partial charge in [-0.05, 0) is 38.0 Å². The fourth-order valence-corrected chi connectivity index (χ4v) is 1.95. The molecule has 0 aromatic carbocycles. The Bertz CT molecular complexity index is 331. The van der Waals surface area contributed by atoms with Gasteiger partial charge in [0.25, 0.3) is 0 Å². The molecule has 0 heterocycles. The van der Waals surface area contributed by atoms with Crippen molar-refractivity contribution in [2.24, 2.45) is 11.8 Å². The average Bonchev–Trinajstić information content (AvgIpc) is 2.34. The third-order valence-electron chi connectivity index (χ3n) is 2.74. The lowest BCUT2D eigenvalue weighted by Gasteiger charge is -2.12. The van der Waals surface area contributed by atoms with Crippen LogP contribution in [0.15, 0.2) is 11.6 Å². The Hall–Kier alpha value is -1.32. The summed E-state index contributed by atoms with van der Waals surface area (Å²) in [5.41, 5.74) is 1.35. The van der Waals surface area contributed by atoms with Gasteiger partial charge in [0.1, 0.15) is 0 Å². The summed E-state index contributed by atoms with van der Waals surface area (Å²) >= 11 is 0. The SMILES string of the molecule is CCCOC(=O)C(=O)OCCC(C)CC(C)=CC(C)C. The van der Waals surface area contributed by atoms with Gasteiger partial charge in [0, 0.05) is 0 Å². The highest BCUT2D eigenvalue weighted by atomic mass is 16.6. The summed E-state index contributed by atoms with van der Waals surface area (Å²) in [5.74, 6) is -0.812. The monoisotopic (exact) mass is 284 g/mol. The summed E-state index contributed by atoms with van der Waals surface area (Å²) in [6, 6.07) is 0. The summed E-state index contributed by atoms with van der Waals surface area (Å²) < 4.78 is 9.60. The van der Waals surface area contributed by atoms with E-state index >= 15 is 0 Å². The molecule has 0 saturated heterocycles. The lowest BCUT2D eigenvalue weighted by Crippen LogP contribution is -2.21. The molecule has 20 heavy (non-hydrogen) atoms. The Morgan fingerprint density at radius 1 is 1.05 bits per heavy atom. The van der Waals surface area contributed by atoms with E-state index in [4.69, 9.17) is 9.47 Å². The molecule has 0 aliphatic carbocycles. The Morgan fingerprint density at radius 3 is 2.10 bits per heavy atom. The molecule has 1 atom stereocenters. The van der Waals surface area contributed by atoms with Crippen LogP contribution in [0.3, 0.4) is 0 Å². The van der Waals surface area contributed by atoms with E-state index in [9.17, 15) is 9.59 Å². The maximum atomic E-state index is 11.3. The van der Waals surface area contributed by atoms with Crippen LogP contribution in [-0.4, -0.2) is 25.2 Å². The molecule has 0 aromatic heterocycles. The fourth-order valence-electron chi connectivity index (χ4n) is 1.95. The molecule has 0 spiro atoms. The van der Waals surface area contributed by atoms with Crippen LogP contribution < -0.4 is 0 Å². The summed E-state index contributed by atoms with van der Waals surface area (Å²) in [4.78, 5) is 22.5. The Morgan fingerprint density at radius 2 is 1.60 bits per heavy atom. The molecule has 0 aromatic rings. The summed E-state index contributed by atoms with van der Waals surface area (Å²) in [6.45, 7) is 10.9. The van der Waals surface area contributed by atoms with Gasteiger partial charge in [-0.25, -0.2) is 9.59 Å². The molecule has 4 nitrogen and oxygen atoms in total. The van der Waals surface area contributed by atoms with Crippen molar-refractivity contribution in [2.75, 3.05) is 13.2 Å². The first-order valence-electron chi connectivity index (χ1n) is 7.38. The molecule has 1 unspecified atom stereocenters. The van der Waals surface area contributed by atoms with Gasteiger partial charge in [0.05, 0.1) is 13.2 Å². The van der Waals surface area contributed by atoms with E-state index in [0.717, 1.165) is 12.8 Å². The topological polar surface area (TPSA) is 52.6 Å². The van der Waals surface area contributed by atoms with Crippen LogP contribution in [0, 0.1) is 11.8 Å². The first-order valence-corrected chi connectivity index (χ1v) is 7.38. The van der Waals surface area contributed by atoms with E-state index in [1.54, 1.807) is 0 Å². The molecular weight excluding hydrogens is 256 g/mol. The highest BCUT2D eigenvalue weighted by Gasteiger charge is 2.17. The third kappa shape index (κ3) is 9.59. The first-order chi connectivity index (χ1) is 9.36. The molecule has 0 radical (unpaired) electrons. The van der Waals surface area contributed by atoms with Gasteiger partial charge in [0.2, 0.25) is 0 Å². The van der Waals surface area contributed by atoms with Crippen molar-refractivity contribution >= 4 is 11.9 Å². The van der Waals surface area contributed by atoms with Crippen LogP contribution in [0.1, 0.15) is 53.9 Å². The van der Waals surface area contributed by atoms with E-state index in [0.29, 0.717) is 18.3 Å². The minimum absolute atomic E-state index is 0.253. The molecule has 0 aliphatic heterocycles. The number of esters is 2. The molecule has 4 heteroatoms. The summed E-state index contributed by atoms with van der Waals surface area (Å²) in [6.07, 6.45) is 4.66. The van der Waals surface area contributed by atoms with Crippen molar-refractivity contribution in [2.45, 2.75) is 53.9 Å². The van der Waals surface area contributed by atoms with E-state index in [1.165, 1.54) is 5.57 Å². The van der Waals surface area contributed by atoms with E-state index in [-0.39, 0.29) is 13.2 Å². The Kier molecular flexibility index (Phi) is 9.77. The quantitative estimate of drug-likeness (QED) is 0.389.